The number of halogens is 1. The molecule has 0 radical (unpaired) electrons. The summed E-state index contributed by atoms with van der Waals surface area (Å²) in [6.45, 7) is 2.45. The minimum atomic E-state index is -0.466. The number of rotatable bonds is 0. The van der Waals surface area contributed by atoms with Crippen LogP contribution in [0.25, 0.3) is 0 Å². The molecule has 10 heavy (non-hydrogen) atoms. The van der Waals surface area contributed by atoms with Gasteiger partial charge < -0.3 is 5.32 Å². The molecular weight excluding hydrogens is 129 g/mol. The second-order valence-electron chi connectivity index (χ2n) is 3.89. The monoisotopic (exact) mass is 144 g/mol. The predicted octanol–water partition coefficient (Wildman–Crippen LogP) is 0.462. The molecule has 58 valence electrons. The first-order chi connectivity index (χ1) is 4.81. The van der Waals surface area contributed by atoms with Crippen LogP contribution in [-0.2, 0) is 0 Å². The zero-order chi connectivity index (χ0) is 7.03. The summed E-state index contributed by atoms with van der Waals surface area (Å²) in [6.07, 6.45) is 3.82. The molecule has 0 aromatic carbocycles. The van der Waals surface area contributed by atoms with Gasteiger partial charge in [-0.1, -0.05) is 0 Å². The Hall–Kier alpha value is -0.110. The van der Waals surface area contributed by atoms with E-state index in [1.807, 2.05) is 0 Å². The maximum Gasteiger partial charge on any atom is 0.102 e. The third-order valence-corrected chi connectivity index (χ3v) is 3.00. The van der Waals surface area contributed by atoms with Crippen LogP contribution in [0.5, 0.6) is 0 Å². The molecule has 0 bridgehead atoms. The summed E-state index contributed by atoms with van der Waals surface area (Å²) in [5.74, 6) is 0. The van der Waals surface area contributed by atoms with E-state index in [2.05, 4.69) is 5.32 Å². The smallest absolute Gasteiger partial charge is 0.102 e. The summed E-state index contributed by atoms with van der Waals surface area (Å²) in [6, 6.07) is 0. The highest BCUT2D eigenvalue weighted by atomic mass is 19.1. The largest absolute Gasteiger partial charge is 0.346 e. The normalized spacial score (nSPS) is 47.1. The fourth-order valence-electron chi connectivity index (χ4n) is 2.38. The lowest BCUT2D eigenvalue weighted by Gasteiger charge is -2.44. The van der Waals surface area contributed by atoms with Crippen molar-refractivity contribution in [2.24, 2.45) is 5.41 Å². The molecule has 1 saturated heterocycles. The first-order valence-corrected chi connectivity index (χ1v) is 4.27. The van der Waals surface area contributed by atoms with Crippen LogP contribution in [0.1, 0.15) is 25.7 Å². The molecule has 2 N–H and O–H groups in total. The highest BCUT2D eigenvalue weighted by Crippen LogP contribution is 2.45. The van der Waals surface area contributed by atoms with Gasteiger partial charge in [-0.25, -0.2) is 4.39 Å². The molecule has 1 aliphatic carbocycles. The van der Waals surface area contributed by atoms with Crippen LogP contribution in [0.4, 0.5) is 4.39 Å². The third kappa shape index (κ3) is 0.947. The molecule has 1 aliphatic heterocycles. The van der Waals surface area contributed by atoms with Gasteiger partial charge in [0.15, 0.2) is 0 Å². The molecule has 0 aromatic rings. The molecule has 1 saturated carbocycles. The van der Waals surface area contributed by atoms with Crippen molar-refractivity contribution < 1.29 is 9.71 Å². The van der Waals surface area contributed by atoms with Gasteiger partial charge in [0, 0.05) is 5.41 Å². The first-order valence-electron chi connectivity index (χ1n) is 4.27. The second-order valence-corrected chi connectivity index (χ2v) is 3.89. The minimum absolute atomic E-state index is 0.442. The molecule has 0 amide bonds. The van der Waals surface area contributed by atoms with Crippen LogP contribution in [0.2, 0.25) is 0 Å². The molecule has 2 heteroatoms. The van der Waals surface area contributed by atoms with E-state index in [-0.39, 0.29) is 0 Å². The van der Waals surface area contributed by atoms with Crippen molar-refractivity contribution in [2.75, 3.05) is 13.1 Å². The van der Waals surface area contributed by atoms with E-state index in [4.69, 9.17) is 0 Å². The standard InChI is InChI=1S/C8H14FN/c9-7-4-8(5-7)2-1-3-10-6-8/h7,10H,1-6H2/p+1. The van der Waals surface area contributed by atoms with Gasteiger partial charge in [0.25, 0.3) is 0 Å². The fraction of sp³-hybridized carbons (Fsp3) is 1.00. The van der Waals surface area contributed by atoms with Gasteiger partial charge in [-0.3, -0.25) is 0 Å². The van der Waals surface area contributed by atoms with Gasteiger partial charge in [-0.15, -0.1) is 0 Å². The van der Waals surface area contributed by atoms with E-state index in [0.717, 1.165) is 12.8 Å². The van der Waals surface area contributed by atoms with E-state index >= 15 is 0 Å². The number of alkyl halides is 1. The van der Waals surface area contributed by atoms with Gasteiger partial charge in [-0.2, -0.15) is 0 Å². The lowest BCUT2D eigenvalue weighted by atomic mass is 9.64. The molecule has 1 spiro atoms. The van der Waals surface area contributed by atoms with Crippen molar-refractivity contribution in [1.29, 1.82) is 0 Å². The van der Waals surface area contributed by atoms with Gasteiger partial charge >= 0.3 is 0 Å². The molecule has 0 unspecified atom stereocenters. The van der Waals surface area contributed by atoms with Crippen molar-refractivity contribution >= 4 is 0 Å². The van der Waals surface area contributed by atoms with Crippen LogP contribution in [-0.4, -0.2) is 19.3 Å². The quantitative estimate of drug-likeness (QED) is 0.508. The average molecular weight is 144 g/mol. The molecule has 0 atom stereocenters. The van der Waals surface area contributed by atoms with Crippen LogP contribution >= 0.6 is 0 Å². The maximum atomic E-state index is 12.5. The Morgan fingerprint density at radius 2 is 2.20 bits per heavy atom. The van der Waals surface area contributed by atoms with Crippen molar-refractivity contribution in [3.8, 4) is 0 Å². The topological polar surface area (TPSA) is 16.6 Å². The van der Waals surface area contributed by atoms with Crippen LogP contribution in [0.3, 0.4) is 0 Å². The summed E-state index contributed by atoms with van der Waals surface area (Å²) in [5.41, 5.74) is 0.442. The fourth-order valence-corrected chi connectivity index (χ4v) is 2.38. The Bertz CT molecular complexity index is 114. The van der Waals surface area contributed by atoms with Crippen LogP contribution in [0, 0.1) is 5.41 Å². The Balaban J connectivity index is 1.90. The maximum absolute atomic E-state index is 12.5. The lowest BCUT2D eigenvalue weighted by Crippen LogP contribution is -2.90. The number of nitrogens with two attached hydrogens (primary N) is 1. The third-order valence-electron chi connectivity index (χ3n) is 3.00. The van der Waals surface area contributed by atoms with E-state index in [1.54, 1.807) is 0 Å². The lowest BCUT2D eigenvalue weighted by molar-refractivity contribution is -0.679. The van der Waals surface area contributed by atoms with Gasteiger partial charge in [0.2, 0.25) is 0 Å². The number of hydrogen-bond acceptors (Lipinski definition) is 0. The van der Waals surface area contributed by atoms with Crippen molar-refractivity contribution in [1.82, 2.24) is 0 Å². The van der Waals surface area contributed by atoms with Gasteiger partial charge in [-0.05, 0) is 25.7 Å². The summed E-state index contributed by atoms with van der Waals surface area (Å²) in [4.78, 5) is 0. The molecule has 1 heterocycles. The Morgan fingerprint density at radius 3 is 2.70 bits per heavy atom. The van der Waals surface area contributed by atoms with Crippen LogP contribution in [0.15, 0.2) is 0 Å². The Kier molecular flexibility index (Phi) is 1.44. The highest BCUT2D eigenvalue weighted by molar-refractivity contribution is 4.94. The Morgan fingerprint density at radius 1 is 1.40 bits per heavy atom. The highest BCUT2D eigenvalue weighted by Gasteiger charge is 2.46. The molecular formula is C8H15FN+. The summed E-state index contributed by atoms with van der Waals surface area (Å²) in [7, 11) is 0. The molecule has 2 fully saturated rings. The molecule has 2 aliphatic rings. The van der Waals surface area contributed by atoms with Crippen molar-refractivity contribution in [2.45, 2.75) is 31.9 Å². The predicted molar refractivity (Wildman–Crippen MR) is 37.5 cm³/mol. The van der Waals surface area contributed by atoms with Gasteiger partial charge in [0.05, 0.1) is 13.1 Å². The number of piperidine rings is 1. The zero-order valence-corrected chi connectivity index (χ0v) is 6.28. The molecule has 2 rings (SSSR count). The second kappa shape index (κ2) is 2.19. The van der Waals surface area contributed by atoms with Crippen molar-refractivity contribution in [3.05, 3.63) is 0 Å². The average Bonchev–Trinajstić information content (AvgIpc) is 1.87. The van der Waals surface area contributed by atoms with E-state index < -0.39 is 6.17 Å². The van der Waals surface area contributed by atoms with E-state index in [1.165, 1.54) is 25.9 Å². The zero-order valence-electron chi connectivity index (χ0n) is 6.28. The minimum Gasteiger partial charge on any atom is -0.346 e. The SMILES string of the molecule is FC1CC2(CCC[NH2+]C2)C1. The summed E-state index contributed by atoms with van der Waals surface area (Å²) < 4.78 is 12.5. The first kappa shape index (κ1) is 6.59. The van der Waals surface area contributed by atoms with Crippen molar-refractivity contribution in [3.63, 3.8) is 0 Å². The molecule has 1 nitrogen and oxygen atoms in total. The Labute approximate surface area is 61.0 Å². The summed E-state index contributed by atoms with van der Waals surface area (Å²) >= 11 is 0. The molecule has 0 aromatic heterocycles. The van der Waals surface area contributed by atoms with E-state index in [0.29, 0.717) is 5.41 Å². The van der Waals surface area contributed by atoms with Gasteiger partial charge in [0.1, 0.15) is 6.17 Å². The number of quaternary nitrogens is 1. The summed E-state index contributed by atoms with van der Waals surface area (Å²) in [5, 5.41) is 2.34. The van der Waals surface area contributed by atoms with Crippen LogP contribution < -0.4 is 5.32 Å². The number of hydrogen-bond donors (Lipinski definition) is 1. The van der Waals surface area contributed by atoms with E-state index in [9.17, 15) is 4.39 Å².